The maximum atomic E-state index is 6.11. The van der Waals surface area contributed by atoms with E-state index in [9.17, 15) is 0 Å². The molecule has 0 saturated carbocycles. The minimum Gasteiger partial charge on any atom is -0.456 e. The van der Waals surface area contributed by atoms with Gasteiger partial charge in [0.15, 0.2) is 5.84 Å². The van der Waals surface area contributed by atoms with Crippen LogP contribution >= 0.6 is 0 Å². The van der Waals surface area contributed by atoms with Crippen molar-refractivity contribution in [3.05, 3.63) is 102 Å². The molecule has 2 heterocycles. The standard InChI is InChI=1S/C31H25N3O/c1-4-26(20-13-16-25-24-10-6-8-12-29(24)35-30(25)18-20)34-31(32-19(2)3)21-14-15-23-22-9-5-7-11-27(22)33-28(23)17-21/h4-18,33H,1-3H3/b26-4-,34-31?. The van der Waals surface area contributed by atoms with Crippen molar-refractivity contribution in [2.75, 3.05) is 0 Å². The van der Waals surface area contributed by atoms with Gasteiger partial charge >= 0.3 is 0 Å². The predicted molar refractivity (Wildman–Crippen MR) is 148 cm³/mol. The second-order valence-electron chi connectivity index (χ2n) is 8.91. The predicted octanol–water partition coefficient (Wildman–Crippen LogP) is 8.51. The van der Waals surface area contributed by atoms with Gasteiger partial charge in [0.2, 0.25) is 0 Å². The summed E-state index contributed by atoms with van der Waals surface area (Å²) in [5.41, 5.74) is 7.71. The Balaban J connectivity index is 1.47. The maximum Gasteiger partial charge on any atom is 0.159 e. The summed E-state index contributed by atoms with van der Waals surface area (Å²) in [6.07, 6.45) is 2.02. The number of hydrogen-bond donors (Lipinski definition) is 1. The number of aliphatic imine (C=N–C) groups is 2. The molecule has 0 aliphatic rings. The SMILES string of the molecule is C/C=C(\N=C(N=C(C)C)c1ccc2c(c1)[nH]c1ccccc12)c1ccc2c(c1)oc1ccccc12. The van der Waals surface area contributed by atoms with Crippen molar-refractivity contribution in [3.63, 3.8) is 0 Å². The van der Waals surface area contributed by atoms with Crippen LogP contribution in [-0.4, -0.2) is 16.5 Å². The van der Waals surface area contributed by atoms with Crippen LogP contribution in [0.3, 0.4) is 0 Å². The molecule has 6 aromatic rings. The zero-order valence-corrected chi connectivity index (χ0v) is 20.0. The van der Waals surface area contributed by atoms with Crippen LogP contribution in [-0.2, 0) is 0 Å². The Morgan fingerprint density at radius 1 is 0.686 bits per heavy atom. The highest BCUT2D eigenvalue weighted by Gasteiger charge is 2.12. The molecule has 4 aromatic carbocycles. The first-order valence-corrected chi connectivity index (χ1v) is 11.8. The molecule has 1 N–H and O–H groups in total. The highest BCUT2D eigenvalue weighted by molar-refractivity contribution is 6.13. The molecule has 0 saturated heterocycles. The first-order chi connectivity index (χ1) is 17.1. The monoisotopic (exact) mass is 455 g/mol. The Bertz CT molecular complexity index is 1820. The zero-order chi connectivity index (χ0) is 23.9. The van der Waals surface area contributed by atoms with Crippen molar-refractivity contribution in [1.29, 1.82) is 0 Å². The molecule has 0 unspecified atom stereocenters. The first-order valence-electron chi connectivity index (χ1n) is 11.8. The lowest BCUT2D eigenvalue weighted by Gasteiger charge is -2.07. The molecule has 0 aliphatic carbocycles. The van der Waals surface area contributed by atoms with Gasteiger partial charge in [0.05, 0.1) is 5.70 Å². The largest absolute Gasteiger partial charge is 0.456 e. The van der Waals surface area contributed by atoms with Gasteiger partial charge in [-0.1, -0.05) is 60.7 Å². The molecule has 0 fully saturated rings. The number of aromatic amines is 1. The molecule has 6 rings (SSSR count). The first kappa shape index (κ1) is 21.1. The zero-order valence-electron chi connectivity index (χ0n) is 20.0. The van der Waals surface area contributed by atoms with E-state index in [0.717, 1.165) is 55.5 Å². The molecule has 0 bridgehead atoms. The van der Waals surface area contributed by atoms with Crippen LogP contribution in [0.5, 0.6) is 0 Å². The van der Waals surface area contributed by atoms with Crippen molar-refractivity contribution < 1.29 is 4.42 Å². The highest BCUT2D eigenvalue weighted by atomic mass is 16.3. The summed E-state index contributed by atoms with van der Waals surface area (Å²) < 4.78 is 6.11. The van der Waals surface area contributed by atoms with Crippen LogP contribution in [0.4, 0.5) is 0 Å². The molecule has 0 amide bonds. The second kappa shape index (κ2) is 8.41. The van der Waals surface area contributed by atoms with Gasteiger partial charge in [-0.3, -0.25) is 0 Å². The van der Waals surface area contributed by atoms with Gasteiger partial charge in [0.1, 0.15) is 11.2 Å². The number of aromatic nitrogens is 1. The van der Waals surface area contributed by atoms with Crippen molar-refractivity contribution >= 4 is 61.0 Å². The van der Waals surface area contributed by atoms with E-state index >= 15 is 0 Å². The van der Waals surface area contributed by atoms with Gasteiger partial charge in [-0.05, 0) is 51.1 Å². The average molecular weight is 456 g/mol. The quantitative estimate of drug-likeness (QED) is 0.211. The fourth-order valence-electron chi connectivity index (χ4n) is 4.65. The van der Waals surface area contributed by atoms with E-state index in [4.69, 9.17) is 14.4 Å². The normalized spacial score (nSPS) is 12.8. The smallest absolute Gasteiger partial charge is 0.159 e. The number of furan rings is 1. The lowest BCUT2D eigenvalue weighted by atomic mass is 10.1. The molecular formula is C31H25N3O. The van der Waals surface area contributed by atoms with Crippen molar-refractivity contribution in [3.8, 4) is 0 Å². The molecular weight excluding hydrogens is 430 g/mol. The Labute approximate surface area is 203 Å². The Morgan fingerprint density at radius 2 is 1.37 bits per heavy atom. The van der Waals surface area contributed by atoms with E-state index in [-0.39, 0.29) is 0 Å². The van der Waals surface area contributed by atoms with Crippen molar-refractivity contribution in [1.82, 2.24) is 4.98 Å². The molecule has 2 aromatic heterocycles. The number of para-hydroxylation sites is 2. The van der Waals surface area contributed by atoms with Crippen LogP contribution in [0, 0.1) is 0 Å². The minimum absolute atomic E-state index is 0.684. The molecule has 4 nitrogen and oxygen atoms in total. The molecule has 0 aliphatic heterocycles. The number of allylic oxidation sites excluding steroid dienone is 1. The van der Waals surface area contributed by atoms with Crippen molar-refractivity contribution in [2.24, 2.45) is 9.98 Å². The molecule has 0 radical (unpaired) electrons. The van der Waals surface area contributed by atoms with Gasteiger partial charge in [-0.25, -0.2) is 9.98 Å². The molecule has 170 valence electrons. The Kier molecular flexibility index (Phi) is 5.07. The van der Waals surface area contributed by atoms with Gasteiger partial charge < -0.3 is 9.40 Å². The number of rotatable bonds is 3. The number of hydrogen-bond acceptors (Lipinski definition) is 2. The third kappa shape index (κ3) is 3.73. The lowest BCUT2D eigenvalue weighted by molar-refractivity contribution is 0.669. The number of nitrogens with zero attached hydrogens (tertiary/aromatic N) is 2. The Morgan fingerprint density at radius 3 is 2.20 bits per heavy atom. The molecule has 35 heavy (non-hydrogen) atoms. The van der Waals surface area contributed by atoms with Crippen LogP contribution < -0.4 is 0 Å². The summed E-state index contributed by atoms with van der Waals surface area (Å²) in [4.78, 5) is 13.4. The average Bonchev–Trinajstić information content (AvgIpc) is 3.43. The number of nitrogens with one attached hydrogen (secondary N) is 1. The van der Waals surface area contributed by atoms with E-state index in [0.29, 0.717) is 5.84 Å². The van der Waals surface area contributed by atoms with Gasteiger partial charge in [0, 0.05) is 49.4 Å². The fourth-order valence-corrected chi connectivity index (χ4v) is 4.65. The maximum absolute atomic E-state index is 6.11. The summed E-state index contributed by atoms with van der Waals surface area (Å²) in [7, 11) is 0. The number of benzene rings is 4. The van der Waals surface area contributed by atoms with Crippen LogP contribution in [0.25, 0.3) is 49.4 Å². The van der Waals surface area contributed by atoms with Crippen LogP contribution in [0.2, 0.25) is 0 Å². The second-order valence-corrected chi connectivity index (χ2v) is 8.91. The molecule has 0 atom stereocenters. The van der Waals surface area contributed by atoms with E-state index in [2.05, 4.69) is 65.6 Å². The topological polar surface area (TPSA) is 53.6 Å². The third-order valence-corrected chi connectivity index (χ3v) is 6.27. The Hall–Kier alpha value is -4.44. The van der Waals surface area contributed by atoms with Crippen molar-refractivity contribution in [2.45, 2.75) is 20.8 Å². The number of fused-ring (bicyclic) bond motifs is 6. The van der Waals surface area contributed by atoms with Crippen LogP contribution in [0.15, 0.2) is 105 Å². The van der Waals surface area contributed by atoms with Gasteiger partial charge in [-0.15, -0.1) is 0 Å². The number of H-pyrrole nitrogens is 1. The van der Waals surface area contributed by atoms with Gasteiger partial charge in [0.25, 0.3) is 0 Å². The minimum atomic E-state index is 0.684. The van der Waals surface area contributed by atoms with E-state index in [1.165, 1.54) is 10.8 Å². The van der Waals surface area contributed by atoms with E-state index < -0.39 is 0 Å². The molecule has 4 heteroatoms. The summed E-state index contributed by atoms with van der Waals surface area (Å²) in [6, 6.07) is 29.1. The lowest BCUT2D eigenvalue weighted by Crippen LogP contribution is -2.01. The van der Waals surface area contributed by atoms with E-state index in [1.807, 2.05) is 51.1 Å². The number of amidine groups is 1. The highest BCUT2D eigenvalue weighted by Crippen LogP contribution is 2.32. The molecule has 0 spiro atoms. The van der Waals surface area contributed by atoms with Gasteiger partial charge in [-0.2, -0.15) is 0 Å². The van der Waals surface area contributed by atoms with E-state index in [1.54, 1.807) is 0 Å². The summed E-state index contributed by atoms with van der Waals surface area (Å²) in [6.45, 7) is 5.99. The summed E-state index contributed by atoms with van der Waals surface area (Å²) in [5.74, 6) is 0.684. The van der Waals surface area contributed by atoms with Crippen LogP contribution in [0.1, 0.15) is 31.9 Å². The third-order valence-electron chi connectivity index (χ3n) is 6.27. The summed E-state index contributed by atoms with van der Waals surface area (Å²) >= 11 is 0. The summed E-state index contributed by atoms with van der Waals surface area (Å²) in [5, 5.41) is 4.65. The fraction of sp³-hybridized carbons (Fsp3) is 0.0968.